The van der Waals surface area contributed by atoms with Crippen LogP contribution in [0.4, 0.5) is 0 Å². The van der Waals surface area contributed by atoms with Gasteiger partial charge in [0.25, 0.3) is 0 Å². The molecule has 5 nitrogen and oxygen atoms in total. The third-order valence-corrected chi connectivity index (χ3v) is 2.59. The molecule has 0 aromatic carbocycles. The molecule has 0 aromatic rings. The van der Waals surface area contributed by atoms with Gasteiger partial charge in [-0.3, -0.25) is 9.59 Å². The molecule has 0 aliphatic rings. The molecule has 2 amide bonds. The molecule has 0 aromatic heterocycles. The molecule has 0 aliphatic carbocycles. The summed E-state index contributed by atoms with van der Waals surface area (Å²) in [7, 11) is 0. The third kappa shape index (κ3) is 9.81. The van der Waals surface area contributed by atoms with E-state index in [0.29, 0.717) is 6.54 Å². The minimum Gasteiger partial charge on any atom is -0.370 e. The molecule has 0 radical (unpaired) electrons. The topological polar surface area (TPSA) is 98.2 Å². The van der Waals surface area contributed by atoms with E-state index in [1.807, 2.05) is 0 Å². The molecule has 5 N–H and O–H groups in total. The monoisotopic (exact) mass is 243 g/mol. The molecule has 0 rings (SSSR count). The van der Waals surface area contributed by atoms with E-state index in [-0.39, 0.29) is 12.3 Å². The Morgan fingerprint density at radius 3 is 2.29 bits per heavy atom. The van der Waals surface area contributed by atoms with Crippen LogP contribution in [-0.2, 0) is 9.59 Å². The molecule has 100 valence electrons. The van der Waals surface area contributed by atoms with Crippen molar-refractivity contribution in [1.29, 1.82) is 0 Å². The maximum atomic E-state index is 11.4. The summed E-state index contributed by atoms with van der Waals surface area (Å²) in [5.74, 6) is -0.843. The largest absolute Gasteiger partial charge is 0.370 e. The second-order valence-electron chi connectivity index (χ2n) is 4.34. The van der Waals surface area contributed by atoms with E-state index in [2.05, 4.69) is 12.2 Å². The summed E-state index contributed by atoms with van der Waals surface area (Å²) in [6, 6.07) is -0.812. The van der Waals surface area contributed by atoms with Gasteiger partial charge in [0.05, 0.1) is 12.5 Å². The average molecular weight is 243 g/mol. The fraction of sp³-hybridized carbons (Fsp3) is 0.833. The van der Waals surface area contributed by atoms with Crippen molar-refractivity contribution >= 4 is 11.8 Å². The summed E-state index contributed by atoms with van der Waals surface area (Å²) in [5, 5.41) is 2.71. The van der Waals surface area contributed by atoms with Crippen LogP contribution in [-0.4, -0.2) is 24.4 Å². The molecule has 1 unspecified atom stereocenters. The first-order valence-electron chi connectivity index (χ1n) is 6.39. The van der Waals surface area contributed by atoms with Crippen molar-refractivity contribution in [2.45, 2.75) is 57.9 Å². The van der Waals surface area contributed by atoms with Gasteiger partial charge in [-0.25, -0.2) is 0 Å². The van der Waals surface area contributed by atoms with Gasteiger partial charge < -0.3 is 16.8 Å². The molecule has 0 spiro atoms. The molecule has 1 atom stereocenters. The molecule has 0 bridgehead atoms. The van der Waals surface area contributed by atoms with Crippen LogP contribution >= 0.6 is 0 Å². The van der Waals surface area contributed by atoms with Crippen molar-refractivity contribution in [3.05, 3.63) is 0 Å². The summed E-state index contributed by atoms with van der Waals surface area (Å²) >= 11 is 0. The Morgan fingerprint density at radius 1 is 1.12 bits per heavy atom. The van der Waals surface area contributed by atoms with E-state index in [4.69, 9.17) is 11.5 Å². The Hall–Kier alpha value is -1.10. The predicted octanol–water partition coefficient (Wildman–Crippen LogP) is 0.666. The summed E-state index contributed by atoms with van der Waals surface area (Å²) in [6.45, 7) is 2.80. The molecular weight excluding hydrogens is 218 g/mol. The van der Waals surface area contributed by atoms with Crippen LogP contribution in [0.1, 0.15) is 51.9 Å². The summed E-state index contributed by atoms with van der Waals surface area (Å²) < 4.78 is 0. The average Bonchev–Trinajstić information content (AvgIpc) is 2.26. The molecule has 0 fully saturated rings. The fourth-order valence-corrected chi connectivity index (χ4v) is 1.56. The van der Waals surface area contributed by atoms with E-state index < -0.39 is 11.9 Å². The van der Waals surface area contributed by atoms with Crippen LogP contribution < -0.4 is 16.8 Å². The number of primary amides is 1. The Balaban J connectivity index is 3.41. The lowest BCUT2D eigenvalue weighted by atomic mass is 10.1. The maximum Gasteiger partial charge on any atom is 0.237 e. The zero-order valence-electron chi connectivity index (χ0n) is 10.7. The van der Waals surface area contributed by atoms with Gasteiger partial charge >= 0.3 is 0 Å². The first kappa shape index (κ1) is 15.9. The third-order valence-electron chi connectivity index (χ3n) is 2.59. The fourth-order valence-electron chi connectivity index (χ4n) is 1.56. The molecular formula is C12H25N3O2. The Labute approximate surface area is 103 Å². The van der Waals surface area contributed by atoms with Gasteiger partial charge in [0.15, 0.2) is 0 Å². The normalized spacial score (nSPS) is 12.1. The Bertz CT molecular complexity index is 232. The Kier molecular flexibility index (Phi) is 9.43. The van der Waals surface area contributed by atoms with Gasteiger partial charge in [-0.2, -0.15) is 0 Å². The van der Waals surface area contributed by atoms with E-state index in [1.165, 1.54) is 25.7 Å². The van der Waals surface area contributed by atoms with Crippen LogP contribution in [0.25, 0.3) is 0 Å². The smallest absolute Gasteiger partial charge is 0.237 e. The highest BCUT2D eigenvalue weighted by atomic mass is 16.2. The molecule has 0 saturated carbocycles. The number of nitrogens with one attached hydrogen (secondary N) is 1. The zero-order valence-corrected chi connectivity index (χ0v) is 10.7. The molecule has 0 aliphatic heterocycles. The van der Waals surface area contributed by atoms with Gasteiger partial charge in [-0.15, -0.1) is 0 Å². The van der Waals surface area contributed by atoms with Crippen LogP contribution in [0.15, 0.2) is 0 Å². The van der Waals surface area contributed by atoms with Crippen LogP contribution in [0.2, 0.25) is 0 Å². The van der Waals surface area contributed by atoms with Crippen LogP contribution in [0.5, 0.6) is 0 Å². The van der Waals surface area contributed by atoms with Gasteiger partial charge in [0, 0.05) is 6.54 Å². The lowest BCUT2D eigenvalue weighted by Crippen LogP contribution is -2.43. The van der Waals surface area contributed by atoms with E-state index in [9.17, 15) is 9.59 Å². The summed E-state index contributed by atoms with van der Waals surface area (Å²) in [5.41, 5.74) is 10.4. The summed E-state index contributed by atoms with van der Waals surface area (Å²) in [6.07, 6.45) is 6.95. The summed E-state index contributed by atoms with van der Waals surface area (Å²) in [4.78, 5) is 21.9. The van der Waals surface area contributed by atoms with Crippen LogP contribution in [0.3, 0.4) is 0 Å². The van der Waals surface area contributed by atoms with Gasteiger partial charge in [-0.05, 0) is 6.42 Å². The number of rotatable bonds is 10. The number of nitrogens with two attached hydrogens (primary N) is 2. The Morgan fingerprint density at radius 2 is 1.71 bits per heavy atom. The minimum absolute atomic E-state index is 0.0949. The number of carbonyl (C=O) groups excluding carboxylic acids is 2. The van der Waals surface area contributed by atoms with Crippen molar-refractivity contribution < 1.29 is 9.59 Å². The van der Waals surface area contributed by atoms with E-state index in [0.717, 1.165) is 12.8 Å². The first-order valence-corrected chi connectivity index (χ1v) is 6.39. The highest BCUT2D eigenvalue weighted by Crippen LogP contribution is 2.04. The second-order valence-corrected chi connectivity index (χ2v) is 4.34. The van der Waals surface area contributed by atoms with Crippen molar-refractivity contribution in [3.63, 3.8) is 0 Å². The standard InChI is InChI=1S/C12H25N3O2/c1-2-3-4-5-6-7-8-15-12(17)10(13)9-11(14)16/h10H,2-9,13H2,1H3,(H2,14,16)(H,15,17). The van der Waals surface area contributed by atoms with Gasteiger partial charge in [0.1, 0.15) is 0 Å². The number of amides is 2. The van der Waals surface area contributed by atoms with E-state index in [1.54, 1.807) is 0 Å². The SMILES string of the molecule is CCCCCCCCNC(=O)C(N)CC(N)=O. The van der Waals surface area contributed by atoms with Crippen LogP contribution in [0, 0.1) is 0 Å². The highest BCUT2D eigenvalue weighted by molar-refractivity contribution is 5.87. The van der Waals surface area contributed by atoms with Crippen molar-refractivity contribution in [2.75, 3.05) is 6.54 Å². The predicted molar refractivity (Wildman–Crippen MR) is 68.2 cm³/mol. The highest BCUT2D eigenvalue weighted by Gasteiger charge is 2.14. The van der Waals surface area contributed by atoms with Crippen molar-refractivity contribution in [3.8, 4) is 0 Å². The van der Waals surface area contributed by atoms with Crippen molar-refractivity contribution in [2.24, 2.45) is 11.5 Å². The number of carbonyl (C=O) groups is 2. The lowest BCUT2D eigenvalue weighted by molar-refractivity contribution is -0.126. The maximum absolute atomic E-state index is 11.4. The second kappa shape index (κ2) is 10.1. The van der Waals surface area contributed by atoms with Gasteiger partial charge in [-0.1, -0.05) is 39.0 Å². The van der Waals surface area contributed by atoms with Crippen molar-refractivity contribution in [1.82, 2.24) is 5.32 Å². The zero-order chi connectivity index (χ0) is 13.1. The number of hydrogen-bond acceptors (Lipinski definition) is 3. The van der Waals surface area contributed by atoms with Gasteiger partial charge in [0.2, 0.25) is 11.8 Å². The quantitative estimate of drug-likeness (QED) is 0.492. The van der Waals surface area contributed by atoms with E-state index >= 15 is 0 Å². The molecule has 5 heteroatoms. The molecule has 17 heavy (non-hydrogen) atoms. The number of unbranched alkanes of at least 4 members (excludes halogenated alkanes) is 5. The first-order chi connectivity index (χ1) is 8.07. The minimum atomic E-state index is -0.812. The number of hydrogen-bond donors (Lipinski definition) is 3. The molecule has 0 heterocycles. The molecule has 0 saturated heterocycles. The lowest BCUT2D eigenvalue weighted by Gasteiger charge is -2.10.